The van der Waals surface area contributed by atoms with Crippen molar-refractivity contribution in [1.82, 2.24) is 10.4 Å². The van der Waals surface area contributed by atoms with E-state index in [1.165, 1.54) is 0 Å². The number of rotatable bonds is 6. The zero-order valence-corrected chi connectivity index (χ0v) is 15.4. The number of benzene rings is 2. The van der Waals surface area contributed by atoms with Crippen LogP contribution in [0.3, 0.4) is 0 Å². The quantitative estimate of drug-likeness (QED) is 0.490. The number of nitrogens with one attached hydrogen (secondary N) is 1. The molecule has 0 saturated carbocycles. The predicted molar refractivity (Wildman–Crippen MR) is 104 cm³/mol. The topological polar surface area (TPSA) is 63.6 Å². The summed E-state index contributed by atoms with van der Waals surface area (Å²) >= 11 is 3.41. The van der Waals surface area contributed by atoms with Gasteiger partial charge in [0.1, 0.15) is 12.4 Å². The average Bonchev–Trinajstić information content (AvgIpc) is 2.69. The van der Waals surface area contributed by atoms with E-state index in [0.717, 1.165) is 15.6 Å². The first-order valence-corrected chi connectivity index (χ1v) is 8.71. The van der Waals surface area contributed by atoms with Crippen LogP contribution in [0.4, 0.5) is 0 Å². The van der Waals surface area contributed by atoms with E-state index in [1.807, 2.05) is 48.5 Å². The summed E-state index contributed by atoms with van der Waals surface area (Å²) in [6.45, 7) is 0.446. The standard InChI is InChI=1S/C20H16BrN3O2/c21-18-7-5-15(6-8-18)14-26-19-4-2-1-3-17(19)13-23-24-20(25)16-9-11-22-12-10-16/h1-13H,14H2,(H,24,25)/b23-13+. The summed E-state index contributed by atoms with van der Waals surface area (Å²) in [5, 5.41) is 4.01. The molecule has 6 heteroatoms. The summed E-state index contributed by atoms with van der Waals surface area (Å²) in [5.41, 5.74) is 4.83. The number of amides is 1. The van der Waals surface area contributed by atoms with Gasteiger partial charge in [-0.15, -0.1) is 0 Å². The smallest absolute Gasteiger partial charge is 0.271 e. The molecule has 1 heterocycles. The first kappa shape index (κ1) is 17.8. The van der Waals surface area contributed by atoms with Crippen LogP contribution >= 0.6 is 15.9 Å². The third-order valence-corrected chi connectivity index (χ3v) is 4.07. The Labute approximate surface area is 159 Å². The van der Waals surface area contributed by atoms with Crippen LogP contribution in [0.15, 0.2) is 82.6 Å². The number of carbonyl (C=O) groups is 1. The maximum atomic E-state index is 12.0. The molecule has 130 valence electrons. The minimum Gasteiger partial charge on any atom is -0.488 e. The fourth-order valence-corrected chi connectivity index (χ4v) is 2.45. The molecule has 0 spiro atoms. The van der Waals surface area contributed by atoms with E-state index in [9.17, 15) is 4.79 Å². The Morgan fingerprint density at radius 1 is 1.08 bits per heavy atom. The zero-order chi connectivity index (χ0) is 18.2. The van der Waals surface area contributed by atoms with Gasteiger partial charge in [-0.3, -0.25) is 9.78 Å². The molecule has 1 aromatic heterocycles. The highest BCUT2D eigenvalue weighted by atomic mass is 79.9. The van der Waals surface area contributed by atoms with Crippen molar-refractivity contribution >= 4 is 28.1 Å². The van der Waals surface area contributed by atoms with Gasteiger partial charge in [-0.25, -0.2) is 5.43 Å². The largest absolute Gasteiger partial charge is 0.488 e. The summed E-state index contributed by atoms with van der Waals surface area (Å²) in [7, 11) is 0. The van der Waals surface area contributed by atoms with Gasteiger partial charge in [0.15, 0.2) is 0 Å². The number of ether oxygens (including phenoxy) is 1. The number of hydrazone groups is 1. The third kappa shape index (κ3) is 5.00. The Bertz CT molecular complexity index is 896. The Morgan fingerprint density at radius 3 is 2.58 bits per heavy atom. The van der Waals surface area contributed by atoms with Gasteiger partial charge in [-0.1, -0.05) is 40.2 Å². The molecule has 0 aliphatic rings. The first-order chi connectivity index (χ1) is 12.7. The predicted octanol–water partition coefficient (Wildman–Crippen LogP) is 4.19. The number of para-hydroxylation sites is 1. The van der Waals surface area contributed by atoms with Gasteiger partial charge in [-0.05, 0) is 42.0 Å². The molecule has 1 amide bonds. The Hall–Kier alpha value is -2.99. The van der Waals surface area contributed by atoms with Crippen LogP contribution in [0.2, 0.25) is 0 Å². The van der Waals surface area contributed by atoms with Crippen molar-refractivity contribution < 1.29 is 9.53 Å². The molecule has 0 bridgehead atoms. The van der Waals surface area contributed by atoms with Crippen molar-refractivity contribution in [2.24, 2.45) is 5.10 Å². The highest BCUT2D eigenvalue weighted by molar-refractivity contribution is 9.10. The van der Waals surface area contributed by atoms with Crippen LogP contribution in [0.5, 0.6) is 5.75 Å². The minimum atomic E-state index is -0.295. The molecule has 3 rings (SSSR count). The second-order valence-electron chi connectivity index (χ2n) is 5.39. The average molecular weight is 410 g/mol. The fourth-order valence-electron chi connectivity index (χ4n) is 2.19. The van der Waals surface area contributed by atoms with Crippen molar-refractivity contribution in [3.8, 4) is 5.75 Å². The van der Waals surface area contributed by atoms with Gasteiger partial charge in [0.05, 0.1) is 6.21 Å². The lowest BCUT2D eigenvalue weighted by Gasteiger charge is -2.09. The number of nitrogens with zero attached hydrogens (tertiary/aromatic N) is 2. The summed E-state index contributed by atoms with van der Waals surface area (Å²) in [4.78, 5) is 15.9. The van der Waals surface area contributed by atoms with Crippen LogP contribution < -0.4 is 10.2 Å². The lowest BCUT2D eigenvalue weighted by molar-refractivity contribution is 0.0955. The molecule has 26 heavy (non-hydrogen) atoms. The summed E-state index contributed by atoms with van der Waals surface area (Å²) in [6.07, 6.45) is 4.68. The van der Waals surface area contributed by atoms with Crippen LogP contribution in [0.1, 0.15) is 21.5 Å². The number of hydrogen-bond donors (Lipinski definition) is 1. The second-order valence-corrected chi connectivity index (χ2v) is 6.30. The molecule has 0 aliphatic heterocycles. The molecule has 0 atom stereocenters. The van der Waals surface area contributed by atoms with E-state index in [-0.39, 0.29) is 5.91 Å². The van der Waals surface area contributed by atoms with E-state index < -0.39 is 0 Å². The molecule has 0 fully saturated rings. The summed E-state index contributed by atoms with van der Waals surface area (Å²) < 4.78 is 6.90. The van der Waals surface area contributed by atoms with Crippen LogP contribution in [0.25, 0.3) is 0 Å². The first-order valence-electron chi connectivity index (χ1n) is 7.92. The second kappa shape index (κ2) is 8.92. The number of hydrogen-bond acceptors (Lipinski definition) is 4. The van der Waals surface area contributed by atoms with Gasteiger partial charge >= 0.3 is 0 Å². The van der Waals surface area contributed by atoms with Crippen LogP contribution in [-0.2, 0) is 6.61 Å². The van der Waals surface area contributed by atoms with Gasteiger partial charge < -0.3 is 4.74 Å². The van der Waals surface area contributed by atoms with Crippen LogP contribution in [-0.4, -0.2) is 17.1 Å². The Morgan fingerprint density at radius 2 is 1.81 bits per heavy atom. The van der Waals surface area contributed by atoms with Gasteiger partial charge in [0.2, 0.25) is 0 Å². The van der Waals surface area contributed by atoms with Crippen molar-refractivity contribution in [2.45, 2.75) is 6.61 Å². The maximum absolute atomic E-state index is 12.0. The van der Waals surface area contributed by atoms with E-state index in [4.69, 9.17) is 4.74 Å². The van der Waals surface area contributed by atoms with E-state index in [2.05, 4.69) is 31.4 Å². The van der Waals surface area contributed by atoms with Crippen molar-refractivity contribution in [3.05, 3.63) is 94.2 Å². The molecular formula is C20H16BrN3O2. The molecule has 0 radical (unpaired) electrons. The molecular weight excluding hydrogens is 394 g/mol. The molecule has 1 N–H and O–H groups in total. The van der Waals surface area contributed by atoms with Crippen LogP contribution in [0, 0.1) is 0 Å². The highest BCUT2D eigenvalue weighted by Crippen LogP contribution is 2.18. The monoisotopic (exact) mass is 409 g/mol. The lowest BCUT2D eigenvalue weighted by Crippen LogP contribution is -2.17. The Kier molecular flexibility index (Phi) is 6.11. The normalized spacial score (nSPS) is 10.7. The highest BCUT2D eigenvalue weighted by Gasteiger charge is 2.04. The SMILES string of the molecule is O=C(N/N=C/c1ccccc1OCc1ccc(Br)cc1)c1ccncc1. The lowest BCUT2D eigenvalue weighted by atomic mass is 10.2. The maximum Gasteiger partial charge on any atom is 0.271 e. The number of halogens is 1. The molecule has 5 nitrogen and oxygen atoms in total. The third-order valence-electron chi connectivity index (χ3n) is 3.54. The van der Waals surface area contributed by atoms with Gasteiger partial charge in [0.25, 0.3) is 5.91 Å². The molecule has 0 saturated heterocycles. The fraction of sp³-hybridized carbons (Fsp3) is 0.0500. The van der Waals surface area contributed by atoms with Gasteiger partial charge in [-0.2, -0.15) is 5.10 Å². The number of carbonyl (C=O) groups excluding carboxylic acids is 1. The summed E-state index contributed by atoms with van der Waals surface area (Å²) in [5.74, 6) is 0.397. The number of aromatic nitrogens is 1. The van der Waals surface area contributed by atoms with Crippen molar-refractivity contribution in [2.75, 3.05) is 0 Å². The number of pyridine rings is 1. The van der Waals surface area contributed by atoms with E-state index in [1.54, 1.807) is 30.7 Å². The summed E-state index contributed by atoms with van der Waals surface area (Å²) in [6, 6.07) is 18.7. The Balaban J connectivity index is 1.63. The molecule has 0 unspecified atom stereocenters. The molecule has 2 aromatic carbocycles. The van der Waals surface area contributed by atoms with E-state index in [0.29, 0.717) is 17.9 Å². The van der Waals surface area contributed by atoms with E-state index >= 15 is 0 Å². The van der Waals surface area contributed by atoms with Crippen molar-refractivity contribution in [3.63, 3.8) is 0 Å². The molecule has 0 aliphatic carbocycles. The zero-order valence-electron chi connectivity index (χ0n) is 13.8. The minimum absolute atomic E-state index is 0.295. The van der Waals surface area contributed by atoms with Crippen molar-refractivity contribution in [1.29, 1.82) is 0 Å². The molecule has 3 aromatic rings. The van der Waals surface area contributed by atoms with Gasteiger partial charge in [0, 0.05) is 28.0 Å².